The van der Waals surface area contributed by atoms with E-state index in [0.29, 0.717) is 0 Å². The Kier molecular flexibility index (Phi) is 2.65. The molecule has 12 heavy (non-hydrogen) atoms. The number of hydrogen-bond donors (Lipinski definition) is 1. The summed E-state index contributed by atoms with van der Waals surface area (Å²) in [6, 6.07) is 4.21. The third-order valence-electron chi connectivity index (χ3n) is 1.39. The Hall–Kier alpha value is -1.09. The van der Waals surface area contributed by atoms with Crippen molar-refractivity contribution in [3.8, 4) is 0 Å². The fraction of sp³-hybridized carbons (Fsp3) is 0.125. The zero-order valence-electron chi connectivity index (χ0n) is 6.40. The topological polar surface area (TPSA) is 33.1 Å². The van der Waals surface area contributed by atoms with Crippen molar-refractivity contribution in [3.05, 3.63) is 34.6 Å². The molecule has 0 aliphatic rings. The van der Waals surface area contributed by atoms with E-state index < -0.39 is 5.82 Å². The van der Waals surface area contributed by atoms with E-state index in [2.05, 4.69) is 4.74 Å². The minimum atomic E-state index is -0.547. The summed E-state index contributed by atoms with van der Waals surface area (Å²) >= 11 is 5.64. The molecule has 1 aromatic carbocycles. The molecule has 0 aliphatic carbocycles. The second-order valence-electron chi connectivity index (χ2n) is 2.13. The lowest BCUT2D eigenvalue weighted by molar-refractivity contribution is 0.398. The van der Waals surface area contributed by atoms with Crippen LogP contribution in [0, 0.1) is 11.2 Å². The molecule has 0 saturated carbocycles. The van der Waals surface area contributed by atoms with Crippen molar-refractivity contribution in [2.24, 2.45) is 0 Å². The highest BCUT2D eigenvalue weighted by molar-refractivity contribution is 6.33. The normalized spacial score (nSPS) is 9.58. The highest BCUT2D eigenvalue weighted by Gasteiger charge is 2.11. The summed E-state index contributed by atoms with van der Waals surface area (Å²) in [5.41, 5.74) is 0.00154. The SMILES string of the molecule is COC(=N)c1c(F)cccc1Cl. The smallest absolute Gasteiger partial charge is 0.217 e. The van der Waals surface area contributed by atoms with Crippen molar-refractivity contribution in [2.75, 3.05) is 7.11 Å². The first-order chi connectivity index (χ1) is 5.66. The van der Waals surface area contributed by atoms with E-state index in [9.17, 15) is 4.39 Å². The van der Waals surface area contributed by atoms with Gasteiger partial charge >= 0.3 is 0 Å². The molecule has 0 atom stereocenters. The summed E-state index contributed by atoms with van der Waals surface area (Å²) in [5, 5.41) is 7.40. The summed E-state index contributed by atoms with van der Waals surface area (Å²) < 4.78 is 17.5. The summed E-state index contributed by atoms with van der Waals surface area (Å²) in [6.45, 7) is 0. The Labute approximate surface area is 74.4 Å². The summed E-state index contributed by atoms with van der Waals surface area (Å²) in [7, 11) is 1.30. The molecule has 0 aliphatic heterocycles. The second kappa shape index (κ2) is 3.54. The Morgan fingerprint density at radius 1 is 1.58 bits per heavy atom. The van der Waals surface area contributed by atoms with E-state index >= 15 is 0 Å². The number of ether oxygens (including phenoxy) is 1. The van der Waals surface area contributed by atoms with Crippen molar-refractivity contribution in [3.63, 3.8) is 0 Å². The van der Waals surface area contributed by atoms with Crippen LogP contribution < -0.4 is 0 Å². The monoisotopic (exact) mass is 187 g/mol. The largest absolute Gasteiger partial charge is 0.481 e. The van der Waals surface area contributed by atoms with Gasteiger partial charge in [0.05, 0.1) is 17.7 Å². The van der Waals surface area contributed by atoms with Crippen molar-refractivity contribution < 1.29 is 9.13 Å². The van der Waals surface area contributed by atoms with Gasteiger partial charge in [0.1, 0.15) is 5.82 Å². The van der Waals surface area contributed by atoms with Gasteiger partial charge in [-0.1, -0.05) is 17.7 Å². The molecule has 1 N–H and O–H groups in total. The summed E-state index contributed by atoms with van der Waals surface area (Å²) in [5.74, 6) is -0.813. The fourth-order valence-corrected chi connectivity index (χ4v) is 1.07. The molecule has 0 aromatic heterocycles. The number of methoxy groups -OCH3 is 1. The van der Waals surface area contributed by atoms with E-state index in [0.717, 1.165) is 0 Å². The minimum Gasteiger partial charge on any atom is -0.481 e. The van der Waals surface area contributed by atoms with Crippen LogP contribution in [0.2, 0.25) is 5.02 Å². The molecule has 64 valence electrons. The third kappa shape index (κ3) is 1.56. The van der Waals surface area contributed by atoms with Gasteiger partial charge in [-0.3, -0.25) is 5.41 Å². The number of halogens is 2. The first kappa shape index (κ1) is 9.00. The fourth-order valence-electron chi connectivity index (χ4n) is 0.817. The first-order valence-electron chi connectivity index (χ1n) is 3.23. The number of benzene rings is 1. The van der Waals surface area contributed by atoms with E-state index in [1.165, 1.54) is 25.3 Å². The van der Waals surface area contributed by atoms with Gasteiger partial charge in [0, 0.05) is 0 Å². The van der Waals surface area contributed by atoms with Crippen LogP contribution in [0.25, 0.3) is 0 Å². The van der Waals surface area contributed by atoms with E-state index in [-0.39, 0.29) is 16.5 Å². The van der Waals surface area contributed by atoms with Crippen LogP contribution in [0.5, 0.6) is 0 Å². The molecule has 0 heterocycles. The number of hydrogen-bond acceptors (Lipinski definition) is 2. The molecule has 0 saturated heterocycles. The maximum Gasteiger partial charge on any atom is 0.217 e. The number of nitrogens with one attached hydrogen (secondary N) is 1. The highest BCUT2D eigenvalue weighted by atomic mass is 35.5. The maximum atomic E-state index is 13.0. The minimum absolute atomic E-state index is 0.00154. The molecule has 1 aromatic rings. The Morgan fingerprint density at radius 2 is 2.25 bits per heavy atom. The highest BCUT2D eigenvalue weighted by Crippen LogP contribution is 2.19. The molecule has 0 bridgehead atoms. The third-order valence-corrected chi connectivity index (χ3v) is 1.71. The molecule has 2 nitrogen and oxygen atoms in total. The van der Waals surface area contributed by atoms with Crippen LogP contribution in [-0.4, -0.2) is 13.0 Å². The number of rotatable bonds is 1. The summed E-state index contributed by atoms with van der Waals surface area (Å²) in [6.07, 6.45) is 0. The first-order valence-corrected chi connectivity index (χ1v) is 3.61. The van der Waals surface area contributed by atoms with Crippen LogP contribution in [0.15, 0.2) is 18.2 Å². The van der Waals surface area contributed by atoms with Gasteiger partial charge in [0.2, 0.25) is 5.90 Å². The van der Waals surface area contributed by atoms with Gasteiger partial charge in [0.25, 0.3) is 0 Å². The van der Waals surface area contributed by atoms with E-state index in [1.807, 2.05) is 0 Å². The Morgan fingerprint density at radius 3 is 2.75 bits per heavy atom. The predicted octanol–water partition coefficient (Wildman–Crippen LogP) is 2.45. The molecule has 1 rings (SSSR count). The van der Waals surface area contributed by atoms with Crippen molar-refractivity contribution in [2.45, 2.75) is 0 Å². The summed E-state index contributed by atoms with van der Waals surface area (Å²) in [4.78, 5) is 0. The lowest BCUT2D eigenvalue weighted by atomic mass is 10.2. The average Bonchev–Trinajstić information content (AvgIpc) is 2.03. The van der Waals surface area contributed by atoms with Crippen LogP contribution >= 0.6 is 11.6 Å². The van der Waals surface area contributed by atoms with Gasteiger partial charge in [-0.2, -0.15) is 0 Å². The molecule has 0 unspecified atom stereocenters. The van der Waals surface area contributed by atoms with E-state index in [1.54, 1.807) is 0 Å². The van der Waals surface area contributed by atoms with Crippen LogP contribution in [-0.2, 0) is 4.74 Å². The molecule has 0 radical (unpaired) electrons. The van der Waals surface area contributed by atoms with Gasteiger partial charge in [-0.15, -0.1) is 0 Å². The van der Waals surface area contributed by atoms with Crippen LogP contribution in [0.4, 0.5) is 4.39 Å². The Balaban J connectivity index is 3.21. The molecule has 4 heteroatoms. The molecule has 0 spiro atoms. The maximum absolute atomic E-state index is 13.0. The lowest BCUT2D eigenvalue weighted by Crippen LogP contribution is -2.04. The second-order valence-corrected chi connectivity index (χ2v) is 2.54. The van der Waals surface area contributed by atoms with Crippen LogP contribution in [0.1, 0.15) is 5.56 Å². The zero-order chi connectivity index (χ0) is 9.14. The standard InChI is InChI=1S/C8H7ClFNO/c1-12-8(11)7-5(9)3-2-4-6(7)10/h2-4,11H,1H3. The molecular formula is C8H7ClFNO. The van der Waals surface area contributed by atoms with Crippen molar-refractivity contribution in [1.82, 2.24) is 0 Å². The van der Waals surface area contributed by atoms with Gasteiger partial charge < -0.3 is 4.74 Å². The predicted molar refractivity (Wildman–Crippen MR) is 45.2 cm³/mol. The van der Waals surface area contributed by atoms with Crippen molar-refractivity contribution in [1.29, 1.82) is 5.41 Å². The molecule has 0 amide bonds. The lowest BCUT2D eigenvalue weighted by Gasteiger charge is -2.04. The van der Waals surface area contributed by atoms with E-state index in [4.69, 9.17) is 17.0 Å². The van der Waals surface area contributed by atoms with Crippen LogP contribution in [0.3, 0.4) is 0 Å². The average molecular weight is 188 g/mol. The van der Waals surface area contributed by atoms with Gasteiger partial charge in [-0.25, -0.2) is 4.39 Å². The zero-order valence-corrected chi connectivity index (χ0v) is 7.15. The van der Waals surface area contributed by atoms with Crippen molar-refractivity contribution >= 4 is 17.5 Å². The van der Waals surface area contributed by atoms with Gasteiger partial charge in [-0.05, 0) is 12.1 Å². The molecule has 0 fully saturated rings. The quantitative estimate of drug-likeness (QED) is 0.532. The molecular weight excluding hydrogens is 181 g/mol. The Bertz CT molecular complexity index is 294. The van der Waals surface area contributed by atoms with Gasteiger partial charge in [0.15, 0.2) is 0 Å².